The number of alkyl halides is 3. The van der Waals surface area contributed by atoms with Gasteiger partial charge in [-0.1, -0.05) is 13.0 Å². The van der Waals surface area contributed by atoms with E-state index in [-0.39, 0.29) is 5.92 Å². The van der Waals surface area contributed by atoms with Crippen molar-refractivity contribution in [1.29, 1.82) is 0 Å². The lowest BCUT2D eigenvalue weighted by Crippen LogP contribution is -2.28. The molecule has 0 saturated carbocycles. The fourth-order valence-corrected chi connectivity index (χ4v) is 3.90. The summed E-state index contributed by atoms with van der Waals surface area (Å²) in [6, 6.07) is 8.79. The number of benzene rings is 2. The number of nitrogens with one attached hydrogen (secondary N) is 1. The average molecular weight is 405 g/mol. The maximum absolute atomic E-state index is 12.9. The van der Waals surface area contributed by atoms with Crippen LogP contribution in [0.3, 0.4) is 0 Å². The highest BCUT2D eigenvalue weighted by Crippen LogP contribution is 2.41. The van der Waals surface area contributed by atoms with Crippen molar-refractivity contribution in [2.24, 2.45) is 0 Å². The van der Waals surface area contributed by atoms with Crippen LogP contribution in [0.15, 0.2) is 36.4 Å². The molecular formula is C21H18F3NO4. The minimum atomic E-state index is -4.40. The van der Waals surface area contributed by atoms with Crippen molar-refractivity contribution in [2.45, 2.75) is 44.4 Å². The van der Waals surface area contributed by atoms with E-state index in [1.54, 1.807) is 13.0 Å². The molecule has 2 aromatic rings. The monoisotopic (exact) mass is 405 g/mol. The van der Waals surface area contributed by atoms with Crippen molar-refractivity contribution in [3.05, 3.63) is 58.7 Å². The molecule has 0 aromatic heterocycles. The molecule has 1 N–H and O–H groups in total. The van der Waals surface area contributed by atoms with E-state index in [1.165, 1.54) is 6.07 Å². The second-order valence-electron chi connectivity index (χ2n) is 7.10. The van der Waals surface area contributed by atoms with E-state index < -0.39 is 29.8 Å². The van der Waals surface area contributed by atoms with Gasteiger partial charge in [-0.05, 0) is 66.3 Å². The van der Waals surface area contributed by atoms with E-state index >= 15 is 0 Å². The molecule has 0 unspecified atom stereocenters. The Bertz CT molecular complexity index is 986. The van der Waals surface area contributed by atoms with Crippen molar-refractivity contribution in [2.75, 3.05) is 0 Å². The highest BCUT2D eigenvalue weighted by molar-refractivity contribution is 6.00. The van der Waals surface area contributed by atoms with Gasteiger partial charge in [0.1, 0.15) is 11.5 Å². The summed E-state index contributed by atoms with van der Waals surface area (Å²) in [5.74, 6) is 0.221. The predicted octanol–water partition coefficient (Wildman–Crippen LogP) is 4.72. The van der Waals surface area contributed by atoms with E-state index in [0.717, 1.165) is 23.3 Å². The normalized spacial score (nSPS) is 21.0. The van der Waals surface area contributed by atoms with Crippen LogP contribution in [0.5, 0.6) is 11.5 Å². The van der Waals surface area contributed by atoms with Gasteiger partial charge in [-0.15, -0.1) is 0 Å². The summed E-state index contributed by atoms with van der Waals surface area (Å²) in [5.41, 5.74) is 1.64. The van der Waals surface area contributed by atoms with Crippen LogP contribution in [0.2, 0.25) is 0 Å². The molecule has 4 rings (SSSR count). The Hall–Kier alpha value is -3.03. The van der Waals surface area contributed by atoms with Crippen LogP contribution >= 0.6 is 0 Å². The highest BCUT2D eigenvalue weighted by atomic mass is 19.4. The topological polar surface area (TPSA) is 64.6 Å². The Morgan fingerprint density at radius 3 is 2.62 bits per heavy atom. The zero-order valence-electron chi connectivity index (χ0n) is 15.5. The third-order valence-electron chi connectivity index (χ3n) is 5.32. The lowest BCUT2D eigenvalue weighted by atomic mass is 9.95. The summed E-state index contributed by atoms with van der Waals surface area (Å²) in [5, 5.41) is 2.14. The summed E-state index contributed by atoms with van der Waals surface area (Å²) in [6.45, 7) is 1.77. The molecule has 5 nitrogen and oxygen atoms in total. The third-order valence-corrected chi connectivity index (χ3v) is 5.32. The molecule has 0 bridgehead atoms. The van der Waals surface area contributed by atoms with Gasteiger partial charge in [0.05, 0.1) is 5.56 Å². The average Bonchev–Trinajstić information content (AvgIpc) is 3.22. The molecule has 2 aliphatic rings. The van der Waals surface area contributed by atoms with Crippen LogP contribution in [-0.4, -0.2) is 18.1 Å². The number of alkyl carbamates (subject to hydrolysis) is 1. The van der Waals surface area contributed by atoms with Crippen LogP contribution in [0.25, 0.3) is 0 Å². The molecular weight excluding hydrogens is 387 g/mol. The van der Waals surface area contributed by atoms with E-state index in [1.807, 2.05) is 12.1 Å². The van der Waals surface area contributed by atoms with Gasteiger partial charge in [-0.3, -0.25) is 10.1 Å². The molecule has 8 heteroatoms. The first-order valence-electron chi connectivity index (χ1n) is 9.28. The van der Waals surface area contributed by atoms with E-state index in [2.05, 4.69) is 5.32 Å². The Morgan fingerprint density at radius 1 is 1.17 bits per heavy atom. The van der Waals surface area contributed by atoms with E-state index in [9.17, 15) is 22.8 Å². The van der Waals surface area contributed by atoms with Crippen LogP contribution in [0.1, 0.15) is 41.5 Å². The third kappa shape index (κ3) is 3.66. The zero-order chi connectivity index (χ0) is 20.8. The number of aryl methyl sites for hydroxylation is 2. The number of carbonyl (C=O) groups excluding carboxylic acids is 2. The van der Waals surface area contributed by atoms with Crippen LogP contribution in [-0.2, 0) is 28.5 Å². The number of rotatable bonds is 4. The SMILES string of the molecule is CCc1cc(C(F)(F)F)ccc1Oc1ccc2c(c1)CC[C@H]2[C@@H]1OC(=O)NC1=O. The molecule has 0 spiro atoms. The predicted molar refractivity (Wildman–Crippen MR) is 96.8 cm³/mol. The van der Waals surface area contributed by atoms with Crippen molar-refractivity contribution < 1.29 is 32.2 Å². The minimum Gasteiger partial charge on any atom is -0.457 e. The Balaban J connectivity index is 1.56. The number of fused-ring (bicyclic) bond motifs is 1. The van der Waals surface area contributed by atoms with Crippen molar-refractivity contribution in [3.8, 4) is 11.5 Å². The molecule has 0 radical (unpaired) electrons. The van der Waals surface area contributed by atoms with Gasteiger partial charge in [0.2, 0.25) is 0 Å². The standard InChI is InChI=1S/C21H18F3NO4/c1-2-11-9-13(21(22,23)24)4-8-17(11)28-14-5-7-15-12(10-14)3-6-16(15)18-19(26)25-20(27)29-18/h4-5,7-10,16,18H,2-3,6H2,1H3,(H,25,26,27)/t16-,18+/m1/s1. The smallest absolute Gasteiger partial charge is 0.416 e. The van der Waals surface area contributed by atoms with Gasteiger partial charge < -0.3 is 9.47 Å². The second kappa shape index (κ2) is 7.09. The fourth-order valence-electron chi connectivity index (χ4n) is 3.90. The number of imide groups is 1. The number of ether oxygens (including phenoxy) is 2. The Morgan fingerprint density at radius 2 is 1.97 bits per heavy atom. The van der Waals surface area contributed by atoms with Crippen LogP contribution in [0, 0.1) is 0 Å². The molecule has 2 amide bonds. The number of carbonyl (C=O) groups is 2. The second-order valence-corrected chi connectivity index (χ2v) is 7.10. The Kier molecular flexibility index (Phi) is 4.72. The molecule has 1 aliphatic carbocycles. The Labute approximate surface area is 164 Å². The summed E-state index contributed by atoms with van der Waals surface area (Å²) < 4.78 is 49.7. The van der Waals surface area contributed by atoms with Gasteiger partial charge in [-0.25, -0.2) is 4.79 Å². The molecule has 1 heterocycles. The summed E-state index contributed by atoms with van der Waals surface area (Å²) in [4.78, 5) is 23.2. The quantitative estimate of drug-likeness (QED) is 0.799. The van der Waals surface area contributed by atoms with Gasteiger partial charge in [0.15, 0.2) is 6.10 Å². The van der Waals surface area contributed by atoms with Gasteiger partial charge >= 0.3 is 12.3 Å². The van der Waals surface area contributed by atoms with E-state index in [0.29, 0.717) is 36.3 Å². The first kappa shape index (κ1) is 19.3. The molecule has 1 aliphatic heterocycles. The number of amides is 2. The van der Waals surface area contributed by atoms with Crippen LogP contribution in [0.4, 0.5) is 18.0 Å². The summed E-state index contributed by atoms with van der Waals surface area (Å²) >= 11 is 0. The van der Waals surface area contributed by atoms with Gasteiger partial charge in [0, 0.05) is 5.92 Å². The molecule has 2 aromatic carbocycles. The fraction of sp³-hybridized carbons (Fsp3) is 0.333. The highest BCUT2D eigenvalue weighted by Gasteiger charge is 2.42. The minimum absolute atomic E-state index is 0.220. The number of halogens is 3. The van der Waals surface area contributed by atoms with Gasteiger partial charge in [-0.2, -0.15) is 13.2 Å². The molecule has 1 saturated heterocycles. The largest absolute Gasteiger partial charge is 0.457 e. The molecule has 29 heavy (non-hydrogen) atoms. The molecule has 2 atom stereocenters. The van der Waals surface area contributed by atoms with Crippen molar-refractivity contribution in [3.63, 3.8) is 0 Å². The molecule has 1 fully saturated rings. The lowest BCUT2D eigenvalue weighted by molar-refractivity contribution is -0.137. The molecule has 152 valence electrons. The van der Waals surface area contributed by atoms with Gasteiger partial charge in [0.25, 0.3) is 5.91 Å². The number of hydrogen-bond acceptors (Lipinski definition) is 4. The van der Waals surface area contributed by atoms with Crippen molar-refractivity contribution >= 4 is 12.0 Å². The summed E-state index contributed by atoms with van der Waals surface area (Å²) in [6.07, 6.45) is -4.23. The van der Waals surface area contributed by atoms with Crippen molar-refractivity contribution in [1.82, 2.24) is 5.32 Å². The number of cyclic esters (lactones) is 1. The summed E-state index contributed by atoms with van der Waals surface area (Å²) in [7, 11) is 0. The zero-order valence-corrected chi connectivity index (χ0v) is 15.5. The maximum Gasteiger partial charge on any atom is 0.416 e. The maximum atomic E-state index is 12.9. The first-order chi connectivity index (χ1) is 13.8. The number of hydrogen-bond donors (Lipinski definition) is 1. The first-order valence-corrected chi connectivity index (χ1v) is 9.28. The van der Waals surface area contributed by atoms with E-state index in [4.69, 9.17) is 9.47 Å². The van der Waals surface area contributed by atoms with Crippen LogP contribution < -0.4 is 10.1 Å². The lowest BCUT2D eigenvalue weighted by Gasteiger charge is -2.17.